The highest BCUT2D eigenvalue weighted by Gasteiger charge is 2.19. The van der Waals surface area contributed by atoms with E-state index in [1.54, 1.807) is 31.4 Å². The Bertz CT molecular complexity index is 876. The van der Waals surface area contributed by atoms with Gasteiger partial charge in [-0.3, -0.25) is 4.79 Å². The van der Waals surface area contributed by atoms with Gasteiger partial charge in [0.05, 0.1) is 10.9 Å². The normalized spacial score (nSPS) is 12.1. The van der Waals surface area contributed by atoms with Crippen LogP contribution in [0.25, 0.3) is 11.5 Å². The number of aryl methyl sites for hydroxylation is 1. The largest absolute Gasteiger partial charge is 0.444 e. The smallest absolute Gasteiger partial charge is 0.238 e. The molecule has 0 aliphatic heterocycles. The topological polar surface area (TPSA) is 81.2 Å². The van der Waals surface area contributed by atoms with Crippen LogP contribution in [0.5, 0.6) is 0 Å². The number of hydrogen-bond acceptors (Lipinski definition) is 6. The fraction of sp³-hybridized carbons (Fsp3) is 0.278. The Morgan fingerprint density at radius 2 is 2.12 bits per heavy atom. The minimum atomic E-state index is -0.220. The van der Waals surface area contributed by atoms with Crippen LogP contribution < -0.4 is 5.32 Å². The van der Waals surface area contributed by atoms with Gasteiger partial charge in [-0.1, -0.05) is 23.7 Å². The Morgan fingerprint density at radius 1 is 1.35 bits per heavy atom. The van der Waals surface area contributed by atoms with Gasteiger partial charge in [0.2, 0.25) is 11.8 Å². The maximum absolute atomic E-state index is 12.4. The fourth-order valence-corrected chi connectivity index (χ4v) is 3.37. The number of amides is 1. The molecule has 3 aromatic rings. The van der Waals surface area contributed by atoms with Crippen molar-refractivity contribution in [3.63, 3.8) is 0 Å². The summed E-state index contributed by atoms with van der Waals surface area (Å²) in [4.78, 5) is 16.8. The maximum Gasteiger partial charge on any atom is 0.238 e. The van der Waals surface area contributed by atoms with Crippen molar-refractivity contribution < 1.29 is 13.7 Å². The first kappa shape index (κ1) is 18.5. The Kier molecular flexibility index (Phi) is 6.00. The van der Waals surface area contributed by atoms with Gasteiger partial charge in [0.15, 0.2) is 5.82 Å². The summed E-state index contributed by atoms with van der Waals surface area (Å²) < 4.78 is 10.5. The van der Waals surface area contributed by atoms with E-state index in [2.05, 4.69) is 15.5 Å². The van der Waals surface area contributed by atoms with E-state index >= 15 is 0 Å². The molecule has 0 aliphatic carbocycles. The molecule has 0 spiro atoms. The molecule has 2 heterocycles. The number of halogens is 1. The van der Waals surface area contributed by atoms with Crippen molar-refractivity contribution in [1.29, 1.82) is 0 Å². The lowest BCUT2D eigenvalue weighted by atomic mass is 10.2. The molecule has 1 aromatic carbocycles. The number of hydrogen-bond donors (Lipinski definition) is 1. The summed E-state index contributed by atoms with van der Waals surface area (Å²) in [5.74, 6) is 2.08. The fourth-order valence-electron chi connectivity index (χ4n) is 2.30. The van der Waals surface area contributed by atoms with E-state index in [4.69, 9.17) is 20.5 Å². The molecule has 8 heteroatoms. The van der Waals surface area contributed by atoms with Crippen molar-refractivity contribution in [2.24, 2.45) is 0 Å². The van der Waals surface area contributed by atoms with E-state index in [9.17, 15) is 4.79 Å². The van der Waals surface area contributed by atoms with Gasteiger partial charge in [0.25, 0.3) is 0 Å². The minimum Gasteiger partial charge on any atom is -0.444 e. The molecule has 0 radical (unpaired) electrons. The third kappa shape index (κ3) is 4.68. The van der Waals surface area contributed by atoms with Crippen LogP contribution in [-0.4, -0.2) is 21.3 Å². The van der Waals surface area contributed by atoms with E-state index < -0.39 is 0 Å². The van der Waals surface area contributed by atoms with Crippen molar-refractivity contribution in [1.82, 2.24) is 10.1 Å². The second kappa shape index (κ2) is 8.42. The van der Waals surface area contributed by atoms with Crippen LogP contribution >= 0.6 is 23.4 Å². The number of carbonyl (C=O) groups excluding carboxylic acids is 1. The standard InChI is InChI=1S/C18H18ClN3O3S/c1-3-15(17(23)21-16-8-11(2)25-22-16)26-10-14-9-24-18(20-14)12-4-6-13(19)7-5-12/h4-9,15H,3,10H2,1-2H3,(H,21,22,23). The van der Waals surface area contributed by atoms with Crippen molar-refractivity contribution in [3.05, 3.63) is 53.1 Å². The van der Waals surface area contributed by atoms with E-state index in [-0.39, 0.29) is 11.2 Å². The van der Waals surface area contributed by atoms with Gasteiger partial charge < -0.3 is 14.3 Å². The van der Waals surface area contributed by atoms with Crippen molar-refractivity contribution in [2.45, 2.75) is 31.3 Å². The summed E-state index contributed by atoms with van der Waals surface area (Å²) in [5, 5.41) is 6.99. The number of thioether (sulfide) groups is 1. The number of nitrogens with zero attached hydrogens (tertiary/aromatic N) is 2. The molecule has 0 saturated heterocycles. The predicted octanol–water partition coefficient (Wildman–Crippen LogP) is 4.94. The summed E-state index contributed by atoms with van der Waals surface area (Å²) in [6.07, 6.45) is 2.30. The average molecular weight is 392 g/mol. The van der Waals surface area contributed by atoms with Crippen molar-refractivity contribution in [3.8, 4) is 11.5 Å². The molecule has 1 unspecified atom stereocenters. The molecule has 0 saturated carbocycles. The number of anilines is 1. The number of benzene rings is 1. The summed E-state index contributed by atoms with van der Waals surface area (Å²) >= 11 is 7.40. The molecule has 1 N–H and O–H groups in total. The number of rotatable bonds is 7. The molecule has 0 aliphatic rings. The van der Waals surface area contributed by atoms with Crippen LogP contribution in [0.15, 0.2) is 45.5 Å². The van der Waals surface area contributed by atoms with Gasteiger partial charge in [0.1, 0.15) is 12.0 Å². The predicted molar refractivity (Wildman–Crippen MR) is 102 cm³/mol. The molecule has 0 fully saturated rings. The molecule has 6 nitrogen and oxygen atoms in total. The lowest BCUT2D eigenvalue weighted by Gasteiger charge is -2.12. The first-order valence-corrected chi connectivity index (χ1v) is 9.54. The number of oxazole rings is 1. The highest BCUT2D eigenvalue weighted by molar-refractivity contribution is 7.99. The van der Waals surface area contributed by atoms with Crippen LogP contribution in [-0.2, 0) is 10.5 Å². The molecular formula is C18H18ClN3O3S. The van der Waals surface area contributed by atoms with E-state index in [1.807, 2.05) is 19.1 Å². The summed E-state index contributed by atoms with van der Waals surface area (Å²) in [6.45, 7) is 3.74. The van der Waals surface area contributed by atoms with Crippen molar-refractivity contribution in [2.75, 3.05) is 5.32 Å². The number of nitrogens with one attached hydrogen (secondary N) is 1. The van der Waals surface area contributed by atoms with Gasteiger partial charge in [-0.25, -0.2) is 4.98 Å². The second-order valence-corrected chi connectivity index (χ2v) is 7.30. The number of aromatic nitrogens is 2. The Labute approximate surface area is 160 Å². The lowest BCUT2D eigenvalue weighted by molar-refractivity contribution is -0.115. The zero-order valence-electron chi connectivity index (χ0n) is 14.4. The zero-order chi connectivity index (χ0) is 18.5. The molecule has 3 rings (SSSR count). The molecule has 0 bridgehead atoms. The van der Waals surface area contributed by atoms with Gasteiger partial charge in [-0.2, -0.15) is 0 Å². The summed E-state index contributed by atoms with van der Waals surface area (Å²) in [7, 11) is 0. The van der Waals surface area contributed by atoms with E-state index in [1.165, 1.54) is 11.8 Å². The average Bonchev–Trinajstić information content (AvgIpc) is 3.25. The molecule has 2 aromatic heterocycles. The van der Waals surface area contributed by atoms with Crippen LogP contribution in [0.1, 0.15) is 24.8 Å². The van der Waals surface area contributed by atoms with Gasteiger partial charge >= 0.3 is 0 Å². The second-order valence-electron chi connectivity index (χ2n) is 5.67. The van der Waals surface area contributed by atoms with Crippen LogP contribution in [0.4, 0.5) is 5.82 Å². The molecule has 1 atom stereocenters. The Morgan fingerprint density at radius 3 is 2.77 bits per heavy atom. The Hall–Kier alpha value is -2.25. The quantitative estimate of drug-likeness (QED) is 0.614. The summed E-state index contributed by atoms with van der Waals surface area (Å²) in [5.41, 5.74) is 1.64. The van der Waals surface area contributed by atoms with Crippen LogP contribution in [0.2, 0.25) is 5.02 Å². The molecule has 26 heavy (non-hydrogen) atoms. The third-order valence-electron chi connectivity index (χ3n) is 3.62. The van der Waals surface area contributed by atoms with Crippen LogP contribution in [0.3, 0.4) is 0 Å². The van der Waals surface area contributed by atoms with Gasteiger partial charge in [-0.15, -0.1) is 11.8 Å². The van der Waals surface area contributed by atoms with E-state index in [0.29, 0.717) is 34.7 Å². The van der Waals surface area contributed by atoms with E-state index in [0.717, 1.165) is 11.3 Å². The van der Waals surface area contributed by atoms with Gasteiger partial charge in [-0.05, 0) is 37.6 Å². The SMILES string of the molecule is CCC(SCc1coc(-c2ccc(Cl)cc2)n1)C(=O)Nc1cc(C)on1. The zero-order valence-corrected chi connectivity index (χ0v) is 15.9. The maximum atomic E-state index is 12.4. The monoisotopic (exact) mass is 391 g/mol. The molecule has 1 amide bonds. The minimum absolute atomic E-state index is 0.104. The molecule has 136 valence electrons. The van der Waals surface area contributed by atoms with Crippen LogP contribution in [0, 0.1) is 6.92 Å². The summed E-state index contributed by atoms with van der Waals surface area (Å²) in [6, 6.07) is 8.98. The van der Waals surface area contributed by atoms with Gasteiger partial charge in [0, 0.05) is 22.4 Å². The highest BCUT2D eigenvalue weighted by atomic mass is 35.5. The first-order valence-electron chi connectivity index (χ1n) is 8.11. The Balaban J connectivity index is 1.58. The first-order chi connectivity index (χ1) is 12.5. The molecular weight excluding hydrogens is 374 g/mol. The van der Waals surface area contributed by atoms with Crippen molar-refractivity contribution >= 4 is 35.1 Å². The number of carbonyl (C=O) groups is 1. The third-order valence-corrected chi connectivity index (χ3v) is 5.28. The lowest BCUT2D eigenvalue weighted by Crippen LogP contribution is -2.24. The highest BCUT2D eigenvalue weighted by Crippen LogP contribution is 2.25.